The quantitative estimate of drug-likeness (QED) is 0.0896. The van der Waals surface area contributed by atoms with Crippen LogP contribution in [0.3, 0.4) is 0 Å². The van der Waals surface area contributed by atoms with Gasteiger partial charge in [-0.15, -0.1) is 11.3 Å². The average molecular weight is 641 g/mol. The van der Waals surface area contributed by atoms with E-state index in [1.165, 1.54) is 25.1 Å². The molecule has 3 aromatic rings. The number of esters is 1. The number of thioether (sulfide) groups is 1. The van der Waals surface area contributed by atoms with Crippen LogP contribution < -0.4 is 25.8 Å². The molecule has 1 aromatic heterocycles. The highest BCUT2D eigenvalue weighted by Crippen LogP contribution is 2.28. The van der Waals surface area contributed by atoms with Crippen molar-refractivity contribution in [3.63, 3.8) is 0 Å². The van der Waals surface area contributed by atoms with Gasteiger partial charge in [0.15, 0.2) is 0 Å². The zero-order valence-electron chi connectivity index (χ0n) is 22.4. The van der Waals surface area contributed by atoms with E-state index < -0.39 is 34.6 Å². The van der Waals surface area contributed by atoms with Gasteiger partial charge in [0.2, 0.25) is 10.2 Å². The molecule has 42 heavy (non-hydrogen) atoms. The predicted octanol–water partition coefficient (Wildman–Crippen LogP) is 1.65. The minimum Gasteiger partial charge on any atom is -0.491 e. The Labute approximate surface area is 249 Å². The van der Waals surface area contributed by atoms with Crippen LogP contribution in [-0.4, -0.2) is 82.5 Å². The first-order valence-corrected chi connectivity index (χ1v) is 15.7. The molecule has 5 N–H and O–H groups in total. The molecule has 1 amide bonds. The van der Waals surface area contributed by atoms with Crippen molar-refractivity contribution in [2.45, 2.75) is 16.1 Å². The van der Waals surface area contributed by atoms with E-state index in [0.717, 1.165) is 16.9 Å². The monoisotopic (exact) mass is 640 g/mol. The summed E-state index contributed by atoms with van der Waals surface area (Å²) in [6, 6.07) is 11.0. The van der Waals surface area contributed by atoms with Crippen LogP contribution in [0.5, 0.6) is 11.5 Å². The Bertz CT molecular complexity index is 1550. The number of fused-ring (bicyclic) bond motifs is 1. The van der Waals surface area contributed by atoms with E-state index in [9.17, 15) is 22.4 Å². The zero-order valence-corrected chi connectivity index (χ0v) is 24.8. The van der Waals surface area contributed by atoms with Crippen LogP contribution in [0.4, 0.5) is 4.39 Å². The number of aliphatic imine (C=N–C) groups is 1. The number of aromatic nitrogens is 1. The summed E-state index contributed by atoms with van der Waals surface area (Å²) in [5.41, 5.74) is 1.58. The summed E-state index contributed by atoms with van der Waals surface area (Å²) in [4.78, 5) is 32.7. The van der Waals surface area contributed by atoms with Crippen molar-refractivity contribution < 1.29 is 36.6 Å². The summed E-state index contributed by atoms with van der Waals surface area (Å²) < 4.78 is 51.5. The number of rotatable bonds is 16. The molecular formula is C25H29FN6O7S3. The molecule has 0 aliphatic heterocycles. The molecule has 1 heterocycles. The highest BCUT2D eigenvalue weighted by molar-refractivity contribution is 7.98. The summed E-state index contributed by atoms with van der Waals surface area (Å²) in [7, 11) is -2.69. The molecule has 13 nitrogen and oxygen atoms in total. The summed E-state index contributed by atoms with van der Waals surface area (Å²) >= 11 is 2.31. The normalized spacial score (nSPS) is 12.8. The molecule has 0 saturated carbocycles. The van der Waals surface area contributed by atoms with Crippen molar-refractivity contribution in [1.29, 1.82) is 0 Å². The van der Waals surface area contributed by atoms with Crippen LogP contribution in [0.15, 0.2) is 56.9 Å². The van der Waals surface area contributed by atoms with Crippen LogP contribution in [0.2, 0.25) is 0 Å². The van der Waals surface area contributed by atoms with Crippen LogP contribution in [0, 0.1) is 0 Å². The Kier molecular flexibility index (Phi) is 12.5. The van der Waals surface area contributed by atoms with Crippen LogP contribution >= 0.6 is 23.1 Å². The fourth-order valence-corrected chi connectivity index (χ4v) is 5.99. The molecular weight excluding hydrogens is 612 g/mol. The lowest BCUT2D eigenvalue weighted by Gasteiger charge is -2.16. The Balaban J connectivity index is 1.48. The van der Waals surface area contributed by atoms with Crippen molar-refractivity contribution in [3.05, 3.63) is 48.0 Å². The van der Waals surface area contributed by atoms with Crippen molar-refractivity contribution in [2.75, 3.05) is 39.3 Å². The van der Waals surface area contributed by atoms with Gasteiger partial charge < -0.3 is 25.4 Å². The number of benzene rings is 2. The number of nitrogens with zero attached hydrogens (tertiary/aromatic N) is 3. The Morgan fingerprint density at radius 2 is 2.00 bits per heavy atom. The van der Waals surface area contributed by atoms with Gasteiger partial charge in [0.05, 0.1) is 17.3 Å². The minimum atomic E-state index is -3.92. The number of hydrazone groups is 1. The molecule has 0 aliphatic rings. The first kappa shape index (κ1) is 32.7. The molecule has 0 aliphatic carbocycles. The number of primary sulfonamides is 1. The SMILES string of the molecule is COC(=O)[C@@H](CSCc1cccc(OCCF)c1)NC(=O)CN=C/C(COc1ccc2nc(S(N)(=O)=O)sc2c1)=N\N. The van der Waals surface area contributed by atoms with Gasteiger partial charge in [0.25, 0.3) is 10.0 Å². The maximum atomic E-state index is 12.5. The number of carbonyl (C=O) groups is 2. The molecule has 2 aromatic carbocycles. The number of hydrogen-bond acceptors (Lipinski definition) is 13. The van der Waals surface area contributed by atoms with E-state index in [1.54, 1.807) is 36.4 Å². The van der Waals surface area contributed by atoms with Gasteiger partial charge in [0.1, 0.15) is 49.7 Å². The van der Waals surface area contributed by atoms with Gasteiger partial charge in [-0.25, -0.2) is 27.7 Å². The lowest BCUT2D eigenvalue weighted by molar-refractivity contribution is -0.144. The second-order valence-corrected chi connectivity index (χ2v) is 12.2. The Hall–Kier alpha value is -3.80. The molecule has 1 atom stereocenters. The molecule has 0 unspecified atom stereocenters. The maximum Gasteiger partial charge on any atom is 0.329 e. The average Bonchev–Trinajstić information content (AvgIpc) is 3.41. The number of hydrogen-bond donors (Lipinski definition) is 3. The first-order valence-electron chi connectivity index (χ1n) is 12.2. The zero-order chi connectivity index (χ0) is 30.5. The summed E-state index contributed by atoms with van der Waals surface area (Å²) in [5, 5.41) is 11.3. The lowest BCUT2D eigenvalue weighted by Crippen LogP contribution is -2.44. The van der Waals surface area contributed by atoms with E-state index in [4.69, 9.17) is 25.2 Å². The van der Waals surface area contributed by atoms with Crippen molar-refractivity contribution in [3.8, 4) is 11.5 Å². The fourth-order valence-electron chi connectivity index (χ4n) is 3.32. The topological polar surface area (TPSA) is 198 Å². The van der Waals surface area contributed by atoms with Crippen molar-refractivity contribution >= 4 is 67.1 Å². The number of halogens is 1. The lowest BCUT2D eigenvalue weighted by atomic mass is 10.2. The summed E-state index contributed by atoms with van der Waals surface area (Å²) in [6.45, 7) is -1.02. The van der Waals surface area contributed by atoms with E-state index in [0.29, 0.717) is 27.5 Å². The molecule has 17 heteroatoms. The highest BCUT2D eigenvalue weighted by atomic mass is 32.2. The number of ether oxygens (including phenoxy) is 3. The largest absolute Gasteiger partial charge is 0.491 e. The van der Waals surface area contributed by atoms with E-state index in [2.05, 4.69) is 20.4 Å². The third kappa shape index (κ3) is 10.2. The second-order valence-electron chi connectivity index (χ2n) is 8.38. The van der Waals surface area contributed by atoms with E-state index in [-0.39, 0.29) is 35.6 Å². The number of methoxy groups -OCH3 is 1. The smallest absolute Gasteiger partial charge is 0.329 e. The number of alkyl halides is 1. The third-order valence-corrected chi connectivity index (χ3v) is 8.67. The van der Waals surface area contributed by atoms with Gasteiger partial charge in [0, 0.05) is 17.7 Å². The van der Waals surface area contributed by atoms with E-state index >= 15 is 0 Å². The number of thiazole rings is 1. The van der Waals surface area contributed by atoms with Crippen molar-refractivity contribution in [1.82, 2.24) is 10.3 Å². The third-order valence-electron chi connectivity index (χ3n) is 5.23. The second kappa shape index (κ2) is 16.0. The number of amides is 1. The summed E-state index contributed by atoms with van der Waals surface area (Å²) in [5.74, 6) is 5.99. The molecule has 226 valence electrons. The van der Waals surface area contributed by atoms with Crippen LogP contribution in [0.25, 0.3) is 10.2 Å². The van der Waals surface area contributed by atoms with Crippen molar-refractivity contribution in [2.24, 2.45) is 21.1 Å². The molecule has 3 rings (SSSR count). The molecule has 0 fully saturated rings. The highest BCUT2D eigenvalue weighted by Gasteiger charge is 2.21. The van der Waals surface area contributed by atoms with Gasteiger partial charge in [-0.05, 0) is 35.9 Å². The van der Waals surface area contributed by atoms with Crippen LogP contribution in [0.1, 0.15) is 5.56 Å². The minimum absolute atomic E-state index is 0.0307. The summed E-state index contributed by atoms with van der Waals surface area (Å²) in [6.07, 6.45) is 1.27. The number of nitrogens with one attached hydrogen (secondary N) is 1. The van der Waals surface area contributed by atoms with Gasteiger partial charge in [-0.3, -0.25) is 9.79 Å². The Morgan fingerprint density at radius 3 is 2.71 bits per heavy atom. The van der Waals surface area contributed by atoms with Gasteiger partial charge in [-0.1, -0.05) is 12.1 Å². The number of carbonyl (C=O) groups excluding carboxylic acids is 2. The van der Waals surface area contributed by atoms with Gasteiger partial charge in [-0.2, -0.15) is 16.9 Å². The fraction of sp³-hybridized carbons (Fsp3) is 0.320. The first-order chi connectivity index (χ1) is 20.1. The molecule has 0 spiro atoms. The maximum absolute atomic E-state index is 12.5. The van der Waals surface area contributed by atoms with Crippen LogP contribution in [-0.2, 0) is 30.1 Å². The predicted molar refractivity (Wildman–Crippen MR) is 159 cm³/mol. The standard InChI is InChI=1S/C25H29FN6O7S3/c1-37-24(34)21(15-40-14-16-3-2-4-18(9-16)38-8-7-26)30-23(33)12-29-11-17(32-27)13-39-19-5-6-20-22(10-19)41-25(31-20)42(28,35)36/h2-6,9-11,21H,7-8,12-15,27H2,1H3,(H,30,33)(H2,28,35,36)/b29-11?,32-17+/t21-/m1/s1. The van der Waals surface area contributed by atoms with Gasteiger partial charge >= 0.3 is 5.97 Å². The Morgan fingerprint density at radius 1 is 1.21 bits per heavy atom. The number of sulfonamides is 1. The van der Waals surface area contributed by atoms with E-state index in [1.807, 2.05) is 6.07 Å². The molecule has 0 bridgehead atoms. The number of nitrogens with two attached hydrogens (primary N) is 2. The molecule has 0 saturated heterocycles. The molecule has 0 radical (unpaired) electrons.